The van der Waals surface area contributed by atoms with Crippen LogP contribution in [0.4, 0.5) is 5.82 Å². The lowest BCUT2D eigenvalue weighted by Crippen LogP contribution is -2.47. The molecule has 1 aliphatic carbocycles. The van der Waals surface area contributed by atoms with Gasteiger partial charge >= 0.3 is 0 Å². The molecule has 1 aromatic heterocycles. The van der Waals surface area contributed by atoms with E-state index in [4.69, 9.17) is 5.10 Å². The number of benzene rings is 1. The van der Waals surface area contributed by atoms with Gasteiger partial charge in [-0.3, -0.25) is 9.58 Å². The summed E-state index contributed by atoms with van der Waals surface area (Å²) in [5.74, 6) is 1.31. The van der Waals surface area contributed by atoms with E-state index < -0.39 is 0 Å². The second kappa shape index (κ2) is 7.18. The fourth-order valence-corrected chi connectivity index (χ4v) is 3.79. The smallest absolute Gasteiger partial charge is 0.131 e. The molecule has 4 rings (SSSR count). The average molecular weight is 339 g/mol. The number of aryl methyl sites for hydroxylation is 2. The molecule has 0 unspecified atom stereocenters. The molecule has 0 amide bonds. The minimum atomic E-state index is 0.732. The fourth-order valence-electron chi connectivity index (χ4n) is 3.79. The van der Waals surface area contributed by atoms with Crippen LogP contribution in [0.1, 0.15) is 29.7 Å². The number of nitrogens with zero attached hydrogens (tertiary/aromatic N) is 4. The highest BCUT2D eigenvalue weighted by molar-refractivity contribution is 5.50. The standard InChI is InChI=1S/C20H29N5/c1-16-19(14-21-18-8-9-18)20(23(2)22-16)25-12-10-24(11-13-25)15-17-6-4-3-5-7-17/h3-7,18,21H,8-15H2,1-2H3. The van der Waals surface area contributed by atoms with Gasteiger partial charge in [0, 0.05) is 57.9 Å². The molecule has 1 aromatic carbocycles. The third-order valence-corrected chi connectivity index (χ3v) is 5.38. The van der Waals surface area contributed by atoms with Gasteiger partial charge in [-0.05, 0) is 25.3 Å². The molecule has 2 aliphatic rings. The Morgan fingerprint density at radius 2 is 1.80 bits per heavy atom. The molecule has 0 atom stereocenters. The van der Waals surface area contributed by atoms with Gasteiger partial charge in [0.1, 0.15) is 5.82 Å². The summed E-state index contributed by atoms with van der Waals surface area (Å²) in [6.45, 7) is 8.49. The first-order chi connectivity index (χ1) is 12.2. The van der Waals surface area contributed by atoms with Crippen molar-refractivity contribution in [3.8, 4) is 0 Å². The molecule has 2 heterocycles. The van der Waals surface area contributed by atoms with Crippen molar-refractivity contribution in [1.82, 2.24) is 20.0 Å². The van der Waals surface area contributed by atoms with Crippen LogP contribution in [0, 0.1) is 6.92 Å². The van der Waals surface area contributed by atoms with Crippen LogP contribution in [0.25, 0.3) is 0 Å². The van der Waals surface area contributed by atoms with Crippen molar-refractivity contribution in [3.63, 3.8) is 0 Å². The number of rotatable bonds is 6. The zero-order valence-electron chi connectivity index (χ0n) is 15.4. The first-order valence-corrected chi connectivity index (χ1v) is 9.48. The molecular formula is C20H29N5. The first-order valence-electron chi connectivity index (χ1n) is 9.48. The summed E-state index contributed by atoms with van der Waals surface area (Å²) < 4.78 is 2.08. The second-order valence-electron chi connectivity index (χ2n) is 7.42. The Balaban J connectivity index is 1.40. The van der Waals surface area contributed by atoms with E-state index in [1.165, 1.54) is 29.8 Å². The summed E-state index contributed by atoms with van der Waals surface area (Å²) >= 11 is 0. The summed E-state index contributed by atoms with van der Waals surface area (Å²) in [5, 5.41) is 8.35. The number of nitrogens with one attached hydrogen (secondary N) is 1. The maximum atomic E-state index is 4.69. The molecule has 5 heteroatoms. The predicted molar refractivity (Wildman–Crippen MR) is 102 cm³/mol. The number of hydrogen-bond acceptors (Lipinski definition) is 4. The normalized spacial score (nSPS) is 18.7. The van der Waals surface area contributed by atoms with Crippen molar-refractivity contribution in [2.45, 2.75) is 38.9 Å². The molecule has 2 fully saturated rings. The quantitative estimate of drug-likeness (QED) is 0.876. The zero-order valence-corrected chi connectivity index (χ0v) is 15.4. The zero-order chi connectivity index (χ0) is 17.2. The second-order valence-corrected chi connectivity index (χ2v) is 7.42. The molecule has 1 aliphatic heterocycles. The Morgan fingerprint density at radius 3 is 2.48 bits per heavy atom. The lowest BCUT2D eigenvalue weighted by molar-refractivity contribution is 0.248. The van der Waals surface area contributed by atoms with E-state index in [1.54, 1.807) is 0 Å². The Morgan fingerprint density at radius 1 is 1.08 bits per heavy atom. The number of hydrogen-bond donors (Lipinski definition) is 1. The van der Waals surface area contributed by atoms with Crippen molar-refractivity contribution in [2.24, 2.45) is 7.05 Å². The monoisotopic (exact) mass is 339 g/mol. The van der Waals surface area contributed by atoms with E-state index >= 15 is 0 Å². The van der Waals surface area contributed by atoms with Crippen LogP contribution in [0.15, 0.2) is 30.3 Å². The van der Waals surface area contributed by atoms with Crippen LogP contribution in [-0.2, 0) is 20.1 Å². The largest absolute Gasteiger partial charge is 0.354 e. The summed E-state index contributed by atoms with van der Waals surface area (Å²) in [6.07, 6.45) is 2.65. The maximum Gasteiger partial charge on any atom is 0.131 e. The number of aromatic nitrogens is 2. The molecule has 25 heavy (non-hydrogen) atoms. The third kappa shape index (κ3) is 3.88. The molecular weight excluding hydrogens is 310 g/mol. The van der Waals surface area contributed by atoms with E-state index in [9.17, 15) is 0 Å². The third-order valence-electron chi connectivity index (χ3n) is 5.38. The topological polar surface area (TPSA) is 36.3 Å². The van der Waals surface area contributed by atoms with Crippen LogP contribution in [0.5, 0.6) is 0 Å². The van der Waals surface area contributed by atoms with Gasteiger partial charge < -0.3 is 10.2 Å². The molecule has 1 saturated carbocycles. The lowest BCUT2D eigenvalue weighted by atomic mass is 10.2. The molecule has 5 nitrogen and oxygen atoms in total. The number of anilines is 1. The van der Waals surface area contributed by atoms with Crippen molar-refractivity contribution < 1.29 is 0 Å². The Hall–Kier alpha value is -1.85. The van der Waals surface area contributed by atoms with Crippen molar-refractivity contribution >= 4 is 5.82 Å². The Kier molecular flexibility index (Phi) is 4.77. The molecule has 134 valence electrons. The molecule has 2 aromatic rings. The van der Waals surface area contributed by atoms with Crippen molar-refractivity contribution in [3.05, 3.63) is 47.2 Å². The van der Waals surface area contributed by atoms with Crippen LogP contribution in [0.3, 0.4) is 0 Å². The van der Waals surface area contributed by atoms with Gasteiger partial charge in [0.15, 0.2) is 0 Å². The molecule has 0 radical (unpaired) electrons. The first kappa shape index (κ1) is 16.6. The summed E-state index contributed by atoms with van der Waals surface area (Å²) in [6, 6.07) is 11.5. The lowest BCUT2D eigenvalue weighted by Gasteiger charge is -2.36. The highest BCUT2D eigenvalue weighted by Crippen LogP contribution is 2.26. The minimum Gasteiger partial charge on any atom is -0.354 e. The van der Waals surface area contributed by atoms with Crippen molar-refractivity contribution in [1.29, 1.82) is 0 Å². The number of piperazine rings is 1. The maximum absolute atomic E-state index is 4.69. The Bertz CT molecular complexity index is 696. The highest BCUT2D eigenvalue weighted by atomic mass is 15.4. The molecule has 0 bridgehead atoms. The SMILES string of the molecule is Cc1nn(C)c(N2CCN(Cc3ccccc3)CC2)c1CNC1CC1. The van der Waals surface area contributed by atoms with Gasteiger partial charge in [-0.2, -0.15) is 5.10 Å². The van der Waals surface area contributed by atoms with Gasteiger partial charge in [0.25, 0.3) is 0 Å². The van der Waals surface area contributed by atoms with E-state index in [1.807, 2.05) is 0 Å². The van der Waals surface area contributed by atoms with Crippen LogP contribution < -0.4 is 10.2 Å². The van der Waals surface area contributed by atoms with Gasteiger partial charge in [-0.25, -0.2) is 0 Å². The van der Waals surface area contributed by atoms with Crippen molar-refractivity contribution in [2.75, 3.05) is 31.1 Å². The molecule has 1 saturated heterocycles. The fraction of sp³-hybridized carbons (Fsp3) is 0.550. The summed E-state index contributed by atoms with van der Waals surface area (Å²) in [7, 11) is 2.08. The van der Waals surface area contributed by atoms with E-state index in [0.717, 1.165) is 51.0 Å². The van der Waals surface area contributed by atoms with Crippen LogP contribution in [0.2, 0.25) is 0 Å². The van der Waals surface area contributed by atoms with Gasteiger partial charge in [0.2, 0.25) is 0 Å². The Labute approximate surface area is 150 Å². The molecule has 1 N–H and O–H groups in total. The van der Waals surface area contributed by atoms with E-state index in [-0.39, 0.29) is 0 Å². The van der Waals surface area contributed by atoms with E-state index in [0.29, 0.717) is 0 Å². The average Bonchev–Trinajstić information content (AvgIpc) is 3.40. The highest BCUT2D eigenvalue weighted by Gasteiger charge is 2.26. The minimum absolute atomic E-state index is 0.732. The van der Waals surface area contributed by atoms with Gasteiger partial charge in [-0.1, -0.05) is 30.3 Å². The van der Waals surface area contributed by atoms with E-state index in [2.05, 4.69) is 64.1 Å². The molecule has 0 spiro atoms. The van der Waals surface area contributed by atoms with Gasteiger partial charge in [0.05, 0.1) is 5.69 Å². The summed E-state index contributed by atoms with van der Waals surface area (Å²) in [4.78, 5) is 5.07. The summed E-state index contributed by atoms with van der Waals surface area (Å²) in [5.41, 5.74) is 3.95. The van der Waals surface area contributed by atoms with Crippen LogP contribution >= 0.6 is 0 Å². The van der Waals surface area contributed by atoms with Crippen LogP contribution in [-0.4, -0.2) is 46.9 Å². The predicted octanol–water partition coefficient (Wildman–Crippen LogP) is 2.30. The van der Waals surface area contributed by atoms with Gasteiger partial charge in [-0.15, -0.1) is 0 Å².